The molecule has 0 spiro atoms. The number of likely N-dealkylation sites (tertiary alicyclic amines) is 1. The fourth-order valence-corrected chi connectivity index (χ4v) is 8.56. The summed E-state index contributed by atoms with van der Waals surface area (Å²) in [6, 6.07) is 9.50. The highest BCUT2D eigenvalue weighted by molar-refractivity contribution is 9.09. The van der Waals surface area contributed by atoms with Crippen LogP contribution in [-0.4, -0.2) is 55.9 Å². The van der Waals surface area contributed by atoms with Crippen molar-refractivity contribution >= 4 is 80.0 Å². The first-order valence-electron chi connectivity index (χ1n) is 12.9. The van der Waals surface area contributed by atoms with Crippen molar-refractivity contribution in [2.24, 2.45) is 17.8 Å². The van der Waals surface area contributed by atoms with Crippen LogP contribution < -0.4 is 9.64 Å². The number of phenolic OH excluding ortho intramolecular Hbond substituents is 1. The maximum atomic E-state index is 14.1. The van der Waals surface area contributed by atoms with Gasteiger partial charge in [0.15, 0.2) is 9.75 Å². The van der Waals surface area contributed by atoms with Crippen LogP contribution in [0, 0.1) is 24.7 Å². The van der Waals surface area contributed by atoms with Gasteiger partial charge in [-0.05, 0) is 61.6 Å². The average molecular weight is 683 g/mol. The van der Waals surface area contributed by atoms with Crippen LogP contribution in [0.3, 0.4) is 0 Å². The molecule has 6 rings (SSSR count). The molecule has 0 unspecified atom stereocenters. The van der Waals surface area contributed by atoms with Crippen LogP contribution in [-0.2, 0) is 19.2 Å². The molecule has 214 valence electrons. The molecule has 4 aliphatic rings. The molecule has 2 aromatic carbocycles. The van der Waals surface area contributed by atoms with Gasteiger partial charge in [0.1, 0.15) is 11.5 Å². The minimum atomic E-state index is -2.02. The fraction of sp³-hybridized carbons (Fsp3) is 0.379. The van der Waals surface area contributed by atoms with Crippen molar-refractivity contribution in [2.75, 3.05) is 17.5 Å². The number of alkyl halides is 3. The SMILES string of the molecule is COc1ccc(O)c([C@H]2C3=CC[C@@H]4C(=O)N(c5ccc(C)c(Cl)c5)C(=O)[C@@H]4[C@@H]3C[C@@]3(Cl)C(=O)N(CBr)C(=O)[C@@]23Cl)c1. The Kier molecular flexibility index (Phi) is 6.77. The summed E-state index contributed by atoms with van der Waals surface area (Å²) < 4.78 is 5.39. The molecule has 2 aromatic rings. The topological polar surface area (TPSA) is 104 Å². The normalized spacial score (nSPS) is 32.6. The average Bonchev–Trinajstić information content (AvgIpc) is 3.28. The largest absolute Gasteiger partial charge is 0.508 e. The lowest BCUT2D eigenvalue weighted by molar-refractivity contribution is -0.138. The number of amides is 4. The molecule has 2 aliphatic heterocycles. The highest BCUT2D eigenvalue weighted by Crippen LogP contribution is 2.66. The predicted octanol–water partition coefficient (Wildman–Crippen LogP) is 5.28. The number of nitrogens with zero attached hydrogens (tertiary/aromatic N) is 2. The third kappa shape index (κ3) is 3.71. The molecule has 2 aliphatic carbocycles. The Labute approximate surface area is 259 Å². The van der Waals surface area contributed by atoms with Crippen LogP contribution in [0.5, 0.6) is 11.5 Å². The molecule has 0 radical (unpaired) electrons. The summed E-state index contributed by atoms with van der Waals surface area (Å²) in [7, 11) is 1.46. The summed E-state index contributed by atoms with van der Waals surface area (Å²) in [5, 5.41) is 11.5. The predicted molar refractivity (Wildman–Crippen MR) is 157 cm³/mol. The van der Waals surface area contributed by atoms with Crippen LogP contribution in [0.15, 0.2) is 48.0 Å². The number of rotatable bonds is 4. The van der Waals surface area contributed by atoms with E-state index in [1.54, 1.807) is 36.4 Å². The Morgan fingerprint density at radius 1 is 1.05 bits per heavy atom. The first-order valence-corrected chi connectivity index (χ1v) is 15.2. The van der Waals surface area contributed by atoms with Crippen molar-refractivity contribution in [3.05, 3.63) is 64.2 Å². The Hall–Kier alpha value is -2.59. The number of imide groups is 2. The summed E-state index contributed by atoms with van der Waals surface area (Å²) in [5.41, 5.74) is 1.82. The number of benzene rings is 2. The van der Waals surface area contributed by atoms with E-state index < -0.39 is 51.1 Å². The van der Waals surface area contributed by atoms with E-state index in [1.807, 2.05) is 6.92 Å². The van der Waals surface area contributed by atoms with E-state index >= 15 is 0 Å². The Bertz CT molecular complexity index is 1580. The number of methoxy groups -OCH3 is 1. The van der Waals surface area contributed by atoms with Gasteiger partial charge in [-0.2, -0.15) is 0 Å². The van der Waals surface area contributed by atoms with Gasteiger partial charge >= 0.3 is 0 Å². The van der Waals surface area contributed by atoms with E-state index in [1.165, 1.54) is 13.2 Å². The van der Waals surface area contributed by atoms with E-state index in [-0.39, 0.29) is 35.5 Å². The van der Waals surface area contributed by atoms with Gasteiger partial charge in [0.25, 0.3) is 11.8 Å². The molecule has 12 heteroatoms. The molecule has 8 nitrogen and oxygen atoms in total. The highest BCUT2D eigenvalue weighted by Gasteiger charge is 2.76. The van der Waals surface area contributed by atoms with E-state index in [9.17, 15) is 24.3 Å². The first kappa shape index (κ1) is 28.5. The molecular formula is C29H24BrCl3N2O6. The monoisotopic (exact) mass is 680 g/mol. The van der Waals surface area contributed by atoms with Crippen LogP contribution in [0.1, 0.15) is 29.9 Å². The molecule has 2 saturated heterocycles. The molecule has 41 heavy (non-hydrogen) atoms. The van der Waals surface area contributed by atoms with Gasteiger partial charge < -0.3 is 9.84 Å². The zero-order valence-corrected chi connectivity index (χ0v) is 25.7. The summed E-state index contributed by atoms with van der Waals surface area (Å²) in [4.78, 5) is 53.4. The highest BCUT2D eigenvalue weighted by atomic mass is 79.9. The summed E-state index contributed by atoms with van der Waals surface area (Å²) in [6.45, 7) is 1.82. The number of carbonyl (C=O) groups is 4. The summed E-state index contributed by atoms with van der Waals surface area (Å²) in [5.74, 6) is -5.42. The number of hydrogen-bond acceptors (Lipinski definition) is 6. The minimum absolute atomic E-state index is 0.139. The van der Waals surface area contributed by atoms with Gasteiger partial charge in [-0.15, -0.1) is 23.2 Å². The lowest BCUT2D eigenvalue weighted by Gasteiger charge is -2.50. The number of fused-ring (bicyclic) bond motifs is 4. The summed E-state index contributed by atoms with van der Waals surface area (Å²) in [6.07, 6.45) is 1.86. The number of allylic oxidation sites excluding steroid dienone is 2. The number of carbonyl (C=O) groups excluding carboxylic acids is 4. The quantitative estimate of drug-likeness (QED) is 0.204. The third-order valence-electron chi connectivity index (χ3n) is 8.97. The molecule has 1 saturated carbocycles. The van der Waals surface area contributed by atoms with Gasteiger partial charge in [-0.25, -0.2) is 4.90 Å². The molecule has 0 bridgehead atoms. The smallest absolute Gasteiger partial charge is 0.254 e. The van der Waals surface area contributed by atoms with E-state index in [4.69, 9.17) is 39.5 Å². The van der Waals surface area contributed by atoms with Crippen LogP contribution >= 0.6 is 50.7 Å². The van der Waals surface area contributed by atoms with Crippen molar-refractivity contribution < 1.29 is 29.0 Å². The zero-order valence-electron chi connectivity index (χ0n) is 21.9. The second-order valence-electron chi connectivity index (χ2n) is 10.9. The number of hydrogen-bond donors (Lipinski definition) is 1. The number of ether oxygens (including phenoxy) is 1. The standard InChI is InChI=1S/C29H24BrCl3N2O6/c1-13-3-4-14(9-20(13)31)35-24(37)17-7-6-16-19(22(17)25(35)38)11-28(32)26(39)34(12-30)27(40)29(28,33)23(16)18-10-15(41-2)5-8-21(18)36/h3-6,8-10,17,19,22-23,36H,7,11-12H2,1-2H3/t17-,19+,22-,23+,28+,29-/m0/s1. The molecule has 1 N–H and O–H groups in total. The van der Waals surface area contributed by atoms with Crippen molar-refractivity contribution in [2.45, 2.75) is 35.4 Å². The maximum absolute atomic E-state index is 14.1. The number of aryl methyl sites for hydroxylation is 1. The van der Waals surface area contributed by atoms with Gasteiger partial charge in [0.05, 0.1) is 30.1 Å². The van der Waals surface area contributed by atoms with Gasteiger partial charge in [-0.3, -0.25) is 24.1 Å². The van der Waals surface area contributed by atoms with Crippen LogP contribution in [0.4, 0.5) is 5.69 Å². The van der Waals surface area contributed by atoms with E-state index in [2.05, 4.69) is 15.9 Å². The molecule has 4 amide bonds. The first-order chi connectivity index (χ1) is 19.4. The number of anilines is 1. The zero-order chi connectivity index (χ0) is 29.6. The number of halogens is 4. The van der Waals surface area contributed by atoms with Gasteiger partial charge in [-0.1, -0.05) is 45.2 Å². The molecule has 2 heterocycles. The number of phenols is 1. The molecule has 0 aromatic heterocycles. The minimum Gasteiger partial charge on any atom is -0.508 e. The van der Waals surface area contributed by atoms with Crippen molar-refractivity contribution in [3.8, 4) is 11.5 Å². The lowest BCUT2D eigenvalue weighted by Crippen LogP contribution is -2.60. The molecule has 6 atom stereocenters. The second-order valence-corrected chi connectivity index (χ2v) is 13.0. The van der Waals surface area contributed by atoms with E-state index in [0.717, 1.165) is 15.4 Å². The van der Waals surface area contributed by atoms with E-state index in [0.29, 0.717) is 22.0 Å². The lowest BCUT2D eigenvalue weighted by atomic mass is 9.56. The second kappa shape index (κ2) is 9.73. The Balaban J connectivity index is 1.53. The van der Waals surface area contributed by atoms with Crippen LogP contribution in [0.25, 0.3) is 0 Å². The summed E-state index contributed by atoms with van der Waals surface area (Å²) >= 11 is 23.9. The van der Waals surface area contributed by atoms with Crippen LogP contribution in [0.2, 0.25) is 5.02 Å². The van der Waals surface area contributed by atoms with Crippen molar-refractivity contribution in [1.82, 2.24) is 4.90 Å². The Morgan fingerprint density at radius 2 is 1.78 bits per heavy atom. The Morgan fingerprint density at radius 3 is 2.44 bits per heavy atom. The maximum Gasteiger partial charge on any atom is 0.254 e. The van der Waals surface area contributed by atoms with Crippen molar-refractivity contribution in [3.63, 3.8) is 0 Å². The molecule has 3 fully saturated rings. The third-order valence-corrected chi connectivity index (χ3v) is 11.3. The van der Waals surface area contributed by atoms with Gasteiger partial charge in [0, 0.05) is 16.5 Å². The fourth-order valence-electron chi connectivity index (χ4n) is 6.96. The van der Waals surface area contributed by atoms with Crippen molar-refractivity contribution in [1.29, 1.82) is 0 Å². The number of aromatic hydroxyl groups is 1. The molecular weight excluding hydrogens is 659 g/mol. The van der Waals surface area contributed by atoms with Gasteiger partial charge in [0.2, 0.25) is 11.8 Å².